The van der Waals surface area contributed by atoms with E-state index in [0.29, 0.717) is 27.7 Å². The van der Waals surface area contributed by atoms with Crippen LogP contribution in [0, 0.1) is 6.92 Å². The minimum absolute atomic E-state index is 0.178. The summed E-state index contributed by atoms with van der Waals surface area (Å²) in [7, 11) is 0. The smallest absolute Gasteiger partial charge is 0.263 e. The van der Waals surface area contributed by atoms with E-state index in [2.05, 4.69) is 15.3 Å². The fraction of sp³-hybridized carbons (Fsp3) is 0.118. The van der Waals surface area contributed by atoms with Gasteiger partial charge in [-0.05, 0) is 24.6 Å². The van der Waals surface area contributed by atoms with Gasteiger partial charge in [-0.2, -0.15) is 0 Å². The monoisotopic (exact) mass is 325 g/mol. The number of amides is 1. The van der Waals surface area contributed by atoms with E-state index in [9.17, 15) is 9.59 Å². The summed E-state index contributed by atoms with van der Waals surface area (Å²) in [5, 5.41) is 3.43. The molecule has 1 aromatic carbocycles. The number of rotatable bonds is 4. The lowest BCUT2D eigenvalue weighted by atomic mass is 10.2. The zero-order valence-electron chi connectivity index (χ0n) is 12.5. The van der Waals surface area contributed by atoms with Crippen molar-refractivity contribution in [2.45, 2.75) is 13.5 Å². The molecule has 0 aliphatic rings. The summed E-state index contributed by atoms with van der Waals surface area (Å²) in [4.78, 5) is 31.7. The Bertz CT molecular complexity index is 884. The van der Waals surface area contributed by atoms with Crippen LogP contribution in [-0.2, 0) is 6.54 Å². The molecule has 5 nitrogen and oxygen atoms in total. The predicted molar refractivity (Wildman–Crippen MR) is 90.5 cm³/mol. The molecule has 2 N–H and O–H groups in total. The third-order valence-electron chi connectivity index (χ3n) is 3.35. The van der Waals surface area contributed by atoms with E-state index in [-0.39, 0.29) is 11.5 Å². The molecule has 0 unspecified atom stereocenters. The van der Waals surface area contributed by atoms with Gasteiger partial charge in [0, 0.05) is 12.7 Å². The Morgan fingerprint density at radius 1 is 1.22 bits per heavy atom. The highest BCUT2D eigenvalue weighted by Gasteiger charge is 2.17. The van der Waals surface area contributed by atoms with Crippen molar-refractivity contribution in [3.8, 4) is 10.6 Å². The number of carbonyl (C=O) groups excluding carboxylic acids is 1. The fourth-order valence-corrected chi connectivity index (χ4v) is 3.18. The van der Waals surface area contributed by atoms with Gasteiger partial charge in [-0.1, -0.05) is 30.3 Å². The van der Waals surface area contributed by atoms with E-state index < -0.39 is 0 Å². The van der Waals surface area contributed by atoms with Crippen LogP contribution in [0.15, 0.2) is 53.5 Å². The molecule has 3 rings (SSSR count). The van der Waals surface area contributed by atoms with Gasteiger partial charge in [0.25, 0.3) is 11.5 Å². The third kappa shape index (κ3) is 3.37. The number of nitrogens with zero attached hydrogens (tertiary/aromatic N) is 1. The number of aryl methyl sites for hydroxylation is 1. The average molecular weight is 325 g/mol. The maximum absolute atomic E-state index is 12.3. The first kappa shape index (κ1) is 15.2. The Kier molecular flexibility index (Phi) is 4.34. The van der Waals surface area contributed by atoms with Crippen LogP contribution < -0.4 is 10.9 Å². The van der Waals surface area contributed by atoms with Crippen LogP contribution in [0.25, 0.3) is 10.6 Å². The SMILES string of the molecule is Cc1nc(-c2ccc[nH]c2=O)sc1C(=O)NCc1ccccc1. The largest absolute Gasteiger partial charge is 0.347 e. The van der Waals surface area contributed by atoms with Gasteiger partial charge >= 0.3 is 0 Å². The second-order valence-electron chi connectivity index (χ2n) is 5.01. The minimum Gasteiger partial charge on any atom is -0.347 e. The topological polar surface area (TPSA) is 74.8 Å². The highest BCUT2D eigenvalue weighted by molar-refractivity contribution is 7.17. The zero-order chi connectivity index (χ0) is 16.2. The first-order valence-electron chi connectivity index (χ1n) is 7.13. The molecule has 0 spiro atoms. The number of thiazole rings is 1. The number of H-pyrrole nitrogens is 1. The highest BCUT2D eigenvalue weighted by Crippen LogP contribution is 2.25. The summed E-state index contributed by atoms with van der Waals surface area (Å²) >= 11 is 1.23. The van der Waals surface area contributed by atoms with Gasteiger partial charge in [0.05, 0.1) is 11.3 Å². The van der Waals surface area contributed by atoms with Crippen molar-refractivity contribution in [1.82, 2.24) is 15.3 Å². The maximum Gasteiger partial charge on any atom is 0.263 e. The first-order chi connectivity index (χ1) is 11.1. The van der Waals surface area contributed by atoms with Crippen LogP contribution in [0.1, 0.15) is 20.9 Å². The molecule has 0 atom stereocenters. The summed E-state index contributed by atoms with van der Waals surface area (Å²) in [5.41, 5.74) is 1.92. The Morgan fingerprint density at radius 2 is 2.00 bits per heavy atom. The van der Waals surface area contributed by atoms with Gasteiger partial charge in [-0.15, -0.1) is 11.3 Å². The number of hydrogen-bond donors (Lipinski definition) is 2. The molecule has 6 heteroatoms. The number of hydrogen-bond acceptors (Lipinski definition) is 4. The molecule has 0 fully saturated rings. The molecule has 3 aromatic rings. The Morgan fingerprint density at radius 3 is 2.74 bits per heavy atom. The average Bonchev–Trinajstić information content (AvgIpc) is 2.96. The van der Waals surface area contributed by atoms with Crippen LogP contribution in [0.2, 0.25) is 0 Å². The molecule has 0 saturated carbocycles. The molecule has 0 bridgehead atoms. The van der Waals surface area contributed by atoms with Gasteiger partial charge in [0.15, 0.2) is 0 Å². The number of pyridine rings is 1. The Hall–Kier alpha value is -2.73. The lowest BCUT2D eigenvalue weighted by Crippen LogP contribution is -2.22. The van der Waals surface area contributed by atoms with Gasteiger partial charge in [0.2, 0.25) is 0 Å². The third-order valence-corrected chi connectivity index (χ3v) is 4.54. The van der Waals surface area contributed by atoms with Crippen molar-refractivity contribution in [3.63, 3.8) is 0 Å². The van der Waals surface area contributed by atoms with Crippen LogP contribution in [-0.4, -0.2) is 15.9 Å². The van der Waals surface area contributed by atoms with E-state index in [1.54, 1.807) is 25.3 Å². The van der Waals surface area contributed by atoms with Gasteiger partial charge in [-0.25, -0.2) is 4.98 Å². The summed E-state index contributed by atoms with van der Waals surface area (Å²) < 4.78 is 0. The van der Waals surface area contributed by atoms with Crippen molar-refractivity contribution < 1.29 is 4.79 Å². The van der Waals surface area contributed by atoms with E-state index in [4.69, 9.17) is 0 Å². The van der Waals surface area contributed by atoms with Crippen molar-refractivity contribution >= 4 is 17.2 Å². The summed E-state index contributed by atoms with van der Waals surface area (Å²) in [6.45, 7) is 2.23. The van der Waals surface area contributed by atoms with Crippen LogP contribution in [0.5, 0.6) is 0 Å². The standard InChI is InChI=1S/C17H15N3O2S/c1-11-14(16(22)19-10-12-6-3-2-4-7-12)23-17(20-11)13-8-5-9-18-15(13)21/h2-9H,10H2,1H3,(H,18,21)(H,19,22). The maximum atomic E-state index is 12.3. The summed E-state index contributed by atoms with van der Waals surface area (Å²) in [5.74, 6) is -0.178. The molecule has 0 saturated heterocycles. The summed E-state index contributed by atoms with van der Waals surface area (Å²) in [6.07, 6.45) is 1.57. The predicted octanol–water partition coefficient (Wildman–Crippen LogP) is 2.74. The number of aromatic amines is 1. The van der Waals surface area contributed by atoms with Crippen LogP contribution in [0.4, 0.5) is 0 Å². The van der Waals surface area contributed by atoms with E-state index >= 15 is 0 Å². The molecule has 1 amide bonds. The van der Waals surface area contributed by atoms with Gasteiger partial charge < -0.3 is 10.3 Å². The molecule has 116 valence electrons. The normalized spacial score (nSPS) is 10.5. The lowest BCUT2D eigenvalue weighted by Gasteiger charge is -2.03. The second-order valence-corrected chi connectivity index (χ2v) is 6.01. The molecule has 2 aromatic heterocycles. The number of aromatic nitrogens is 2. The highest BCUT2D eigenvalue weighted by atomic mass is 32.1. The first-order valence-corrected chi connectivity index (χ1v) is 7.94. The number of nitrogens with one attached hydrogen (secondary N) is 2. The Labute approximate surface area is 137 Å². The van der Waals surface area contributed by atoms with Gasteiger partial charge in [0.1, 0.15) is 9.88 Å². The van der Waals surface area contributed by atoms with Crippen molar-refractivity contribution in [3.05, 3.63) is 75.1 Å². The molecule has 2 heterocycles. The van der Waals surface area contributed by atoms with E-state index in [0.717, 1.165) is 5.56 Å². The molecular formula is C17H15N3O2S. The van der Waals surface area contributed by atoms with E-state index in [1.807, 2.05) is 30.3 Å². The van der Waals surface area contributed by atoms with Crippen molar-refractivity contribution in [2.75, 3.05) is 0 Å². The van der Waals surface area contributed by atoms with Gasteiger partial charge in [-0.3, -0.25) is 9.59 Å². The number of benzene rings is 1. The fourth-order valence-electron chi connectivity index (χ4n) is 2.17. The van der Waals surface area contributed by atoms with Crippen molar-refractivity contribution in [1.29, 1.82) is 0 Å². The van der Waals surface area contributed by atoms with Crippen LogP contribution >= 0.6 is 11.3 Å². The quantitative estimate of drug-likeness (QED) is 0.774. The molecule has 23 heavy (non-hydrogen) atoms. The molecule has 0 aliphatic heterocycles. The second kappa shape index (κ2) is 6.58. The van der Waals surface area contributed by atoms with E-state index in [1.165, 1.54) is 11.3 Å². The molecule has 0 aliphatic carbocycles. The van der Waals surface area contributed by atoms with Crippen molar-refractivity contribution in [2.24, 2.45) is 0 Å². The minimum atomic E-state index is -0.211. The molecule has 0 radical (unpaired) electrons. The molecular weight excluding hydrogens is 310 g/mol. The number of carbonyl (C=O) groups is 1. The van der Waals surface area contributed by atoms with Crippen LogP contribution in [0.3, 0.4) is 0 Å². The Balaban J connectivity index is 1.80. The summed E-state index contributed by atoms with van der Waals surface area (Å²) in [6, 6.07) is 13.1. The zero-order valence-corrected chi connectivity index (χ0v) is 13.3. The lowest BCUT2D eigenvalue weighted by molar-refractivity contribution is 0.0954.